The molecule has 0 saturated heterocycles. The molecule has 19 heavy (non-hydrogen) atoms. The van der Waals surface area contributed by atoms with Crippen LogP contribution in [0.15, 0.2) is 30.3 Å². The van der Waals surface area contributed by atoms with E-state index in [0.717, 1.165) is 0 Å². The molecule has 0 saturated carbocycles. The van der Waals surface area contributed by atoms with E-state index >= 15 is 0 Å². The van der Waals surface area contributed by atoms with Crippen molar-refractivity contribution in [1.29, 1.82) is 0 Å². The van der Waals surface area contributed by atoms with Gasteiger partial charge in [0.05, 0.1) is 27.9 Å². The minimum atomic E-state index is -0.530. The fraction of sp³-hybridized carbons (Fsp3) is 0.0769. The molecule has 0 aliphatic rings. The fourth-order valence-electron chi connectivity index (χ4n) is 1.51. The maximum Gasteiger partial charge on any atom is 0.356 e. The number of halogens is 3. The molecule has 1 aromatic heterocycles. The summed E-state index contributed by atoms with van der Waals surface area (Å²) in [5.74, 6) is -0.530. The predicted molar refractivity (Wildman–Crippen MR) is 76.0 cm³/mol. The van der Waals surface area contributed by atoms with Crippen molar-refractivity contribution < 1.29 is 9.53 Å². The summed E-state index contributed by atoms with van der Waals surface area (Å²) in [5.41, 5.74) is 1.29. The first-order valence-electron chi connectivity index (χ1n) is 5.23. The van der Waals surface area contributed by atoms with Gasteiger partial charge in [-0.2, -0.15) is 0 Å². The van der Waals surface area contributed by atoms with Crippen LogP contribution in [0.3, 0.4) is 0 Å². The molecule has 0 atom stereocenters. The number of pyridine rings is 1. The average molecular weight is 317 g/mol. The molecule has 0 spiro atoms. The second-order valence-electron chi connectivity index (χ2n) is 3.65. The number of aromatic nitrogens is 1. The van der Waals surface area contributed by atoms with Crippen LogP contribution in [0, 0.1) is 0 Å². The molecule has 2 rings (SSSR count). The van der Waals surface area contributed by atoms with Gasteiger partial charge in [0.2, 0.25) is 0 Å². The molecule has 0 unspecified atom stereocenters. The number of ether oxygens (including phenoxy) is 1. The third kappa shape index (κ3) is 3.00. The summed E-state index contributed by atoms with van der Waals surface area (Å²) in [5, 5.41) is 1.23. The Morgan fingerprint density at radius 3 is 2.37 bits per heavy atom. The quantitative estimate of drug-likeness (QED) is 0.766. The van der Waals surface area contributed by atoms with Crippen LogP contribution in [0.5, 0.6) is 0 Å². The van der Waals surface area contributed by atoms with Gasteiger partial charge in [-0.25, -0.2) is 9.78 Å². The molecular weight excluding hydrogens is 309 g/mol. The summed E-state index contributed by atoms with van der Waals surface area (Å²) in [4.78, 5) is 15.6. The second kappa shape index (κ2) is 5.78. The van der Waals surface area contributed by atoms with E-state index in [4.69, 9.17) is 34.8 Å². The zero-order valence-electron chi connectivity index (χ0n) is 9.78. The summed E-state index contributed by atoms with van der Waals surface area (Å²) >= 11 is 17.9. The number of carbonyl (C=O) groups is 1. The summed E-state index contributed by atoms with van der Waals surface area (Å²) in [7, 11) is 1.29. The van der Waals surface area contributed by atoms with E-state index in [1.165, 1.54) is 13.2 Å². The van der Waals surface area contributed by atoms with Gasteiger partial charge in [0.15, 0.2) is 0 Å². The number of nitrogens with zero attached hydrogens (tertiary/aromatic N) is 1. The molecule has 3 nitrogen and oxygen atoms in total. The summed E-state index contributed by atoms with van der Waals surface area (Å²) in [6, 6.07) is 8.08. The molecule has 0 amide bonds. The molecule has 6 heteroatoms. The molecule has 1 heterocycles. The first-order valence-corrected chi connectivity index (χ1v) is 6.36. The van der Waals surface area contributed by atoms with Gasteiger partial charge in [-0.3, -0.25) is 0 Å². The van der Waals surface area contributed by atoms with Gasteiger partial charge < -0.3 is 4.74 Å². The lowest BCUT2D eigenvalue weighted by Gasteiger charge is -2.07. The van der Waals surface area contributed by atoms with Crippen molar-refractivity contribution >= 4 is 40.8 Å². The standard InChI is InChI=1S/C13H8Cl3NO2/c1-19-13(18)11-5-4-9(15)12(17-11)7-2-3-8(14)10(16)6-7/h2-6H,1H3. The summed E-state index contributed by atoms with van der Waals surface area (Å²) in [6.07, 6.45) is 0. The van der Waals surface area contributed by atoms with Crippen molar-refractivity contribution in [3.05, 3.63) is 51.1 Å². The number of esters is 1. The van der Waals surface area contributed by atoms with E-state index in [2.05, 4.69) is 9.72 Å². The van der Waals surface area contributed by atoms with Crippen molar-refractivity contribution in [2.75, 3.05) is 7.11 Å². The van der Waals surface area contributed by atoms with Crippen molar-refractivity contribution in [3.63, 3.8) is 0 Å². The molecule has 0 fully saturated rings. The molecule has 0 aliphatic carbocycles. The smallest absolute Gasteiger partial charge is 0.356 e. The van der Waals surface area contributed by atoms with E-state index in [1.54, 1.807) is 24.3 Å². The van der Waals surface area contributed by atoms with Crippen LogP contribution in [-0.4, -0.2) is 18.1 Å². The lowest BCUT2D eigenvalue weighted by atomic mass is 10.1. The molecule has 1 aromatic carbocycles. The van der Waals surface area contributed by atoms with Crippen LogP contribution in [0.25, 0.3) is 11.3 Å². The van der Waals surface area contributed by atoms with Crippen LogP contribution >= 0.6 is 34.8 Å². The van der Waals surface area contributed by atoms with Gasteiger partial charge in [-0.1, -0.05) is 40.9 Å². The van der Waals surface area contributed by atoms with Crippen molar-refractivity contribution in [3.8, 4) is 11.3 Å². The number of hydrogen-bond donors (Lipinski definition) is 0. The lowest BCUT2D eigenvalue weighted by Crippen LogP contribution is -2.04. The Labute approximate surface area is 125 Å². The SMILES string of the molecule is COC(=O)c1ccc(Cl)c(-c2ccc(Cl)c(Cl)c2)n1. The minimum Gasteiger partial charge on any atom is -0.464 e. The highest BCUT2D eigenvalue weighted by atomic mass is 35.5. The van der Waals surface area contributed by atoms with Crippen LogP contribution in [0.2, 0.25) is 15.1 Å². The largest absolute Gasteiger partial charge is 0.464 e. The molecule has 0 radical (unpaired) electrons. The Bertz CT molecular complexity index is 644. The van der Waals surface area contributed by atoms with E-state index in [0.29, 0.717) is 26.3 Å². The van der Waals surface area contributed by atoms with Crippen molar-refractivity contribution in [1.82, 2.24) is 4.98 Å². The number of carbonyl (C=O) groups excluding carboxylic acids is 1. The monoisotopic (exact) mass is 315 g/mol. The highest BCUT2D eigenvalue weighted by Crippen LogP contribution is 2.31. The highest BCUT2D eigenvalue weighted by Gasteiger charge is 2.13. The Kier molecular flexibility index (Phi) is 4.30. The Balaban J connectivity index is 2.54. The molecule has 0 N–H and O–H groups in total. The molecular formula is C13H8Cl3NO2. The lowest BCUT2D eigenvalue weighted by molar-refractivity contribution is 0.0594. The summed E-state index contributed by atoms with van der Waals surface area (Å²) < 4.78 is 4.62. The third-order valence-corrected chi connectivity index (χ3v) is 3.48. The Morgan fingerprint density at radius 2 is 1.74 bits per heavy atom. The van der Waals surface area contributed by atoms with Crippen molar-refractivity contribution in [2.24, 2.45) is 0 Å². The van der Waals surface area contributed by atoms with Crippen LogP contribution in [0.4, 0.5) is 0 Å². The van der Waals surface area contributed by atoms with Gasteiger partial charge in [-0.05, 0) is 24.3 Å². The minimum absolute atomic E-state index is 0.174. The summed E-state index contributed by atoms with van der Waals surface area (Å²) in [6.45, 7) is 0. The molecule has 0 aliphatic heterocycles. The normalized spacial score (nSPS) is 10.3. The highest BCUT2D eigenvalue weighted by molar-refractivity contribution is 6.42. The van der Waals surface area contributed by atoms with Crippen LogP contribution in [-0.2, 0) is 4.74 Å². The van der Waals surface area contributed by atoms with Crippen molar-refractivity contribution in [2.45, 2.75) is 0 Å². The van der Waals surface area contributed by atoms with Crippen LogP contribution < -0.4 is 0 Å². The van der Waals surface area contributed by atoms with Crippen LogP contribution in [0.1, 0.15) is 10.5 Å². The molecule has 0 bridgehead atoms. The zero-order valence-corrected chi connectivity index (χ0v) is 12.1. The van der Waals surface area contributed by atoms with Gasteiger partial charge in [0.25, 0.3) is 0 Å². The van der Waals surface area contributed by atoms with Gasteiger partial charge in [0, 0.05) is 5.56 Å². The number of methoxy groups -OCH3 is 1. The van der Waals surface area contributed by atoms with E-state index in [1.807, 2.05) is 0 Å². The fourth-order valence-corrected chi connectivity index (χ4v) is 2.02. The molecule has 2 aromatic rings. The second-order valence-corrected chi connectivity index (χ2v) is 4.87. The average Bonchev–Trinajstić information content (AvgIpc) is 2.41. The van der Waals surface area contributed by atoms with E-state index in [9.17, 15) is 4.79 Å². The Hall–Kier alpha value is -1.29. The maximum atomic E-state index is 11.5. The first kappa shape index (κ1) is 14.1. The number of rotatable bonds is 2. The van der Waals surface area contributed by atoms with Gasteiger partial charge in [-0.15, -0.1) is 0 Å². The van der Waals surface area contributed by atoms with E-state index in [-0.39, 0.29) is 5.69 Å². The molecule has 98 valence electrons. The number of hydrogen-bond acceptors (Lipinski definition) is 3. The maximum absolute atomic E-state index is 11.5. The topological polar surface area (TPSA) is 39.2 Å². The van der Waals surface area contributed by atoms with E-state index < -0.39 is 5.97 Å². The first-order chi connectivity index (χ1) is 9.02. The zero-order chi connectivity index (χ0) is 14.0. The van der Waals surface area contributed by atoms with Gasteiger partial charge >= 0.3 is 5.97 Å². The Morgan fingerprint density at radius 1 is 1.05 bits per heavy atom. The predicted octanol–water partition coefficient (Wildman–Crippen LogP) is 4.50. The third-order valence-electron chi connectivity index (χ3n) is 2.43. The van der Waals surface area contributed by atoms with Gasteiger partial charge in [0.1, 0.15) is 5.69 Å². The number of benzene rings is 1.